The monoisotopic (exact) mass is 448 g/mol. The van der Waals surface area contributed by atoms with Crippen LogP contribution in [0.1, 0.15) is 57.6 Å². The van der Waals surface area contributed by atoms with Crippen LogP contribution < -0.4 is 9.62 Å². The predicted octanol–water partition coefficient (Wildman–Crippen LogP) is 2.59. The summed E-state index contributed by atoms with van der Waals surface area (Å²) >= 11 is 0. The number of hydrogen-bond donors (Lipinski definition) is 1. The van der Waals surface area contributed by atoms with E-state index in [4.69, 9.17) is 0 Å². The number of aryl methyl sites for hydroxylation is 1. The van der Waals surface area contributed by atoms with Gasteiger partial charge in [-0.05, 0) is 52.2 Å². The van der Waals surface area contributed by atoms with E-state index in [-0.39, 0.29) is 16.5 Å². The fraction of sp³-hybridized carbons (Fsp3) is 0.600. The van der Waals surface area contributed by atoms with Gasteiger partial charge >= 0.3 is 0 Å². The van der Waals surface area contributed by atoms with E-state index in [2.05, 4.69) is 19.5 Å². The molecule has 0 bridgehead atoms. The van der Waals surface area contributed by atoms with Crippen molar-refractivity contribution in [3.05, 3.63) is 40.0 Å². The van der Waals surface area contributed by atoms with E-state index in [0.717, 1.165) is 49.9 Å². The van der Waals surface area contributed by atoms with Gasteiger partial charge in [-0.1, -0.05) is 0 Å². The van der Waals surface area contributed by atoms with Gasteiger partial charge in [-0.25, -0.2) is 13.1 Å². The molecule has 0 saturated carbocycles. The zero-order chi connectivity index (χ0) is 22.4. The molecular formula is C20H28N6O4S. The lowest BCUT2D eigenvalue weighted by molar-refractivity contribution is -0.384. The van der Waals surface area contributed by atoms with Gasteiger partial charge < -0.3 is 9.47 Å². The number of benzene rings is 1. The first-order valence-electron chi connectivity index (χ1n) is 10.5. The van der Waals surface area contributed by atoms with Crippen LogP contribution >= 0.6 is 0 Å². The van der Waals surface area contributed by atoms with Crippen molar-refractivity contribution >= 4 is 21.4 Å². The summed E-state index contributed by atoms with van der Waals surface area (Å²) in [5.41, 5.74) is -0.431. The quantitative estimate of drug-likeness (QED) is 0.551. The summed E-state index contributed by atoms with van der Waals surface area (Å²) in [5, 5.41) is 20.4. The van der Waals surface area contributed by atoms with Crippen molar-refractivity contribution in [3.8, 4) is 0 Å². The first-order valence-corrected chi connectivity index (χ1v) is 12.0. The number of nitrogens with one attached hydrogen (secondary N) is 1. The van der Waals surface area contributed by atoms with Gasteiger partial charge in [0.1, 0.15) is 17.3 Å². The van der Waals surface area contributed by atoms with Crippen LogP contribution in [-0.2, 0) is 23.0 Å². The molecule has 0 radical (unpaired) electrons. The molecule has 4 rings (SSSR count). The Labute approximate surface area is 181 Å². The third-order valence-electron chi connectivity index (χ3n) is 5.73. The molecule has 31 heavy (non-hydrogen) atoms. The second-order valence-electron chi connectivity index (χ2n) is 9.25. The average molecular weight is 449 g/mol. The number of anilines is 1. The molecule has 0 aliphatic carbocycles. The highest BCUT2D eigenvalue weighted by Crippen LogP contribution is 2.36. The molecule has 2 aliphatic heterocycles. The summed E-state index contributed by atoms with van der Waals surface area (Å²) in [4.78, 5) is 13.1. The smallest absolute Gasteiger partial charge is 0.293 e. The summed E-state index contributed by atoms with van der Waals surface area (Å²) < 4.78 is 30.0. The van der Waals surface area contributed by atoms with Gasteiger partial charge in [0.2, 0.25) is 10.0 Å². The van der Waals surface area contributed by atoms with Gasteiger partial charge in [0, 0.05) is 43.6 Å². The lowest BCUT2D eigenvalue weighted by Gasteiger charge is -2.33. The molecule has 1 fully saturated rings. The van der Waals surface area contributed by atoms with Crippen molar-refractivity contribution in [1.82, 2.24) is 19.5 Å². The van der Waals surface area contributed by atoms with Crippen LogP contribution in [0.3, 0.4) is 0 Å². The number of aromatic nitrogens is 3. The van der Waals surface area contributed by atoms with E-state index in [9.17, 15) is 18.5 Å². The molecule has 1 saturated heterocycles. The van der Waals surface area contributed by atoms with Crippen molar-refractivity contribution in [2.24, 2.45) is 0 Å². The molecule has 1 N–H and O–H groups in total. The predicted molar refractivity (Wildman–Crippen MR) is 116 cm³/mol. The van der Waals surface area contributed by atoms with E-state index in [0.29, 0.717) is 18.8 Å². The fourth-order valence-corrected chi connectivity index (χ4v) is 5.84. The summed E-state index contributed by atoms with van der Waals surface area (Å²) in [7, 11) is -3.86. The SMILES string of the molecule is CC(C)(C)NS(=O)(=O)c1ccc(N2CCC(c3nnc4n3CCC4)CC2)c([N+](=O)[O-])c1. The van der Waals surface area contributed by atoms with E-state index in [1.54, 1.807) is 26.8 Å². The summed E-state index contributed by atoms with van der Waals surface area (Å²) in [5.74, 6) is 2.36. The van der Waals surface area contributed by atoms with Gasteiger partial charge in [0.05, 0.1) is 9.82 Å². The average Bonchev–Trinajstić information content (AvgIpc) is 3.29. The summed E-state index contributed by atoms with van der Waals surface area (Å²) in [6.07, 6.45) is 3.71. The first kappa shape index (κ1) is 21.7. The lowest BCUT2D eigenvalue weighted by Crippen LogP contribution is -2.40. The molecule has 0 atom stereocenters. The van der Waals surface area contributed by atoms with Gasteiger partial charge in [-0.2, -0.15) is 0 Å². The number of piperidine rings is 1. The molecule has 1 aromatic heterocycles. The number of nitro groups is 1. The Kier molecular flexibility index (Phi) is 5.50. The molecule has 2 aliphatic rings. The Hall–Kier alpha value is -2.53. The number of fused-ring (bicyclic) bond motifs is 1. The third kappa shape index (κ3) is 4.42. The first-order chi connectivity index (χ1) is 14.5. The van der Waals surface area contributed by atoms with Gasteiger partial charge in [-0.3, -0.25) is 10.1 Å². The molecular weight excluding hydrogens is 420 g/mol. The zero-order valence-electron chi connectivity index (χ0n) is 18.0. The second-order valence-corrected chi connectivity index (χ2v) is 10.9. The fourth-order valence-electron chi connectivity index (χ4n) is 4.40. The third-order valence-corrected chi connectivity index (χ3v) is 7.49. The summed E-state index contributed by atoms with van der Waals surface area (Å²) in [6, 6.07) is 4.14. The van der Waals surface area contributed by atoms with Gasteiger partial charge in [0.25, 0.3) is 5.69 Å². The highest BCUT2D eigenvalue weighted by atomic mass is 32.2. The van der Waals surface area contributed by atoms with Crippen LogP contribution in [-0.4, -0.2) is 46.7 Å². The molecule has 11 heteroatoms. The van der Waals surface area contributed by atoms with E-state index < -0.39 is 20.5 Å². The Morgan fingerprint density at radius 1 is 1.16 bits per heavy atom. The van der Waals surface area contributed by atoms with Crippen LogP contribution in [0.2, 0.25) is 0 Å². The van der Waals surface area contributed by atoms with Crippen LogP contribution in [0.5, 0.6) is 0 Å². The number of hydrogen-bond acceptors (Lipinski definition) is 7. The molecule has 10 nitrogen and oxygen atoms in total. The molecule has 3 heterocycles. The highest BCUT2D eigenvalue weighted by molar-refractivity contribution is 7.89. The minimum absolute atomic E-state index is 0.105. The Morgan fingerprint density at radius 2 is 1.87 bits per heavy atom. The van der Waals surface area contributed by atoms with E-state index >= 15 is 0 Å². The van der Waals surface area contributed by atoms with Crippen LogP contribution in [0.4, 0.5) is 11.4 Å². The molecule has 0 unspecified atom stereocenters. The van der Waals surface area contributed by atoms with Gasteiger partial charge in [0.15, 0.2) is 0 Å². The zero-order valence-corrected chi connectivity index (χ0v) is 18.9. The Bertz CT molecular complexity index is 1100. The molecule has 0 spiro atoms. The van der Waals surface area contributed by atoms with Crippen molar-refractivity contribution in [1.29, 1.82) is 0 Å². The lowest BCUT2D eigenvalue weighted by atomic mass is 9.95. The van der Waals surface area contributed by atoms with Crippen molar-refractivity contribution in [2.75, 3.05) is 18.0 Å². The minimum atomic E-state index is -3.86. The van der Waals surface area contributed by atoms with Crippen molar-refractivity contribution in [2.45, 2.75) is 69.4 Å². The maximum Gasteiger partial charge on any atom is 0.293 e. The van der Waals surface area contributed by atoms with Gasteiger partial charge in [-0.15, -0.1) is 10.2 Å². The Balaban J connectivity index is 1.54. The normalized spacial score (nSPS) is 17.7. The van der Waals surface area contributed by atoms with Crippen molar-refractivity contribution in [3.63, 3.8) is 0 Å². The molecule has 2 aromatic rings. The topological polar surface area (TPSA) is 123 Å². The standard InChI is InChI=1S/C20H28N6O4S/c1-20(2,3)23-31(29,30)15-6-7-16(17(13-15)26(27)28)24-11-8-14(9-12-24)19-22-21-18-5-4-10-25(18)19/h6-7,13-14,23H,4-5,8-12H2,1-3H3. The number of nitrogens with zero attached hydrogens (tertiary/aromatic N) is 5. The largest absolute Gasteiger partial charge is 0.366 e. The number of rotatable bonds is 5. The van der Waals surface area contributed by atoms with E-state index in [1.807, 2.05) is 4.90 Å². The number of sulfonamides is 1. The number of nitro benzene ring substituents is 1. The van der Waals surface area contributed by atoms with Crippen LogP contribution in [0.25, 0.3) is 0 Å². The van der Waals surface area contributed by atoms with Crippen LogP contribution in [0, 0.1) is 10.1 Å². The molecule has 168 valence electrons. The van der Waals surface area contributed by atoms with Crippen LogP contribution in [0.15, 0.2) is 23.1 Å². The second kappa shape index (κ2) is 7.86. The maximum absolute atomic E-state index is 12.6. The summed E-state index contributed by atoms with van der Waals surface area (Å²) in [6.45, 7) is 7.41. The van der Waals surface area contributed by atoms with Crippen molar-refractivity contribution < 1.29 is 13.3 Å². The maximum atomic E-state index is 12.6. The minimum Gasteiger partial charge on any atom is -0.366 e. The highest BCUT2D eigenvalue weighted by Gasteiger charge is 2.31. The molecule has 0 amide bonds. The van der Waals surface area contributed by atoms with E-state index in [1.165, 1.54) is 6.07 Å². The molecule has 1 aromatic carbocycles. The Morgan fingerprint density at radius 3 is 2.52 bits per heavy atom.